The van der Waals surface area contributed by atoms with Gasteiger partial charge in [0.05, 0.1) is 10.7 Å². The van der Waals surface area contributed by atoms with Crippen LogP contribution >= 0.6 is 11.6 Å². The molecular weight excluding hydrogens is 420 g/mol. The SMILES string of the molecule is Cc1ccc(NS(=O)(=O)c2cc(C(=O)NCCC3=CCCCC3)ccc2Cl)c(C)c1. The summed E-state index contributed by atoms with van der Waals surface area (Å²) in [4.78, 5) is 12.4. The number of nitrogens with one attached hydrogen (secondary N) is 2. The van der Waals surface area contributed by atoms with Gasteiger partial charge in [0.15, 0.2) is 0 Å². The first-order valence-corrected chi connectivity index (χ1v) is 12.0. The molecule has 0 saturated carbocycles. The summed E-state index contributed by atoms with van der Waals surface area (Å²) in [5.41, 5.74) is 3.96. The standard InChI is InChI=1S/C23H27ClN2O3S/c1-16-8-11-21(17(2)14-16)26-30(28,29)22-15-19(9-10-20(22)24)23(27)25-13-12-18-6-4-3-5-7-18/h6,8-11,14-15,26H,3-5,7,12-13H2,1-2H3,(H,25,27). The zero-order valence-electron chi connectivity index (χ0n) is 17.3. The minimum absolute atomic E-state index is 0.0659. The van der Waals surface area contributed by atoms with E-state index in [4.69, 9.17) is 11.6 Å². The van der Waals surface area contributed by atoms with E-state index in [9.17, 15) is 13.2 Å². The molecule has 0 atom stereocenters. The number of hydrogen-bond acceptors (Lipinski definition) is 3. The quantitative estimate of drug-likeness (QED) is 0.561. The summed E-state index contributed by atoms with van der Waals surface area (Å²) >= 11 is 6.16. The van der Waals surface area contributed by atoms with E-state index in [1.807, 2.05) is 26.0 Å². The lowest BCUT2D eigenvalue weighted by atomic mass is 9.97. The van der Waals surface area contributed by atoms with Crippen LogP contribution in [0.4, 0.5) is 5.69 Å². The molecule has 0 bridgehead atoms. The normalized spacial score (nSPS) is 14.2. The Morgan fingerprint density at radius 1 is 1.10 bits per heavy atom. The Kier molecular flexibility index (Phi) is 7.21. The number of hydrogen-bond donors (Lipinski definition) is 2. The van der Waals surface area contributed by atoms with Crippen LogP contribution in [0.2, 0.25) is 5.02 Å². The molecule has 0 fully saturated rings. The first kappa shape index (κ1) is 22.4. The van der Waals surface area contributed by atoms with Crippen LogP contribution < -0.4 is 10.0 Å². The molecule has 5 nitrogen and oxygen atoms in total. The van der Waals surface area contributed by atoms with Crippen molar-refractivity contribution in [3.05, 3.63) is 69.8 Å². The molecule has 0 aliphatic heterocycles. The van der Waals surface area contributed by atoms with Crippen molar-refractivity contribution in [3.8, 4) is 0 Å². The van der Waals surface area contributed by atoms with E-state index >= 15 is 0 Å². The van der Waals surface area contributed by atoms with Gasteiger partial charge in [-0.25, -0.2) is 8.42 Å². The highest BCUT2D eigenvalue weighted by Crippen LogP contribution is 2.27. The maximum absolute atomic E-state index is 12.9. The third-order valence-electron chi connectivity index (χ3n) is 5.23. The zero-order valence-corrected chi connectivity index (χ0v) is 18.9. The Morgan fingerprint density at radius 3 is 2.60 bits per heavy atom. The maximum Gasteiger partial charge on any atom is 0.263 e. The molecule has 3 rings (SSSR count). The number of halogens is 1. The van der Waals surface area contributed by atoms with Gasteiger partial charge in [-0.3, -0.25) is 9.52 Å². The van der Waals surface area contributed by atoms with E-state index in [1.165, 1.54) is 36.6 Å². The summed E-state index contributed by atoms with van der Waals surface area (Å²) < 4.78 is 28.4. The van der Waals surface area contributed by atoms with Crippen molar-refractivity contribution in [2.75, 3.05) is 11.3 Å². The molecular formula is C23H27ClN2O3S. The first-order valence-electron chi connectivity index (χ1n) is 10.1. The highest BCUT2D eigenvalue weighted by atomic mass is 35.5. The maximum atomic E-state index is 12.9. The third kappa shape index (κ3) is 5.64. The van der Waals surface area contributed by atoms with Crippen LogP contribution in [-0.2, 0) is 10.0 Å². The van der Waals surface area contributed by atoms with Gasteiger partial charge in [-0.2, -0.15) is 0 Å². The third-order valence-corrected chi connectivity index (χ3v) is 7.07. The van der Waals surface area contributed by atoms with Crippen molar-refractivity contribution in [2.45, 2.75) is 50.8 Å². The van der Waals surface area contributed by atoms with Gasteiger partial charge in [0, 0.05) is 12.1 Å². The van der Waals surface area contributed by atoms with Crippen molar-refractivity contribution >= 4 is 33.2 Å². The average Bonchev–Trinajstić information content (AvgIpc) is 2.71. The Bertz CT molecular complexity index is 1080. The van der Waals surface area contributed by atoms with Gasteiger partial charge in [-0.05, 0) is 75.8 Å². The molecule has 2 N–H and O–H groups in total. The number of sulfonamides is 1. The molecule has 7 heteroatoms. The van der Waals surface area contributed by atoms with Gasteiger partial charge in [0.25, 0.3) is 15.9 Å². The highest BCUT2D eigenvalue weighted by molar-refractivity contribution is 7.92. The molecule has 1 amide bonds. The molecule has 0 spiro atoms. The van der Waals surface area contributed by atoms with Gasteiger partial charge in [0.2, 0.25) is 0 Å². The van der Waals surface area contributed by atoms with E-state index in [-0.39, 0.29) is 21.4 Å². The molecule has 0 heterocycles. The van der Waals surface area contributed by atoms with Crippen LogP contribution in [0.3, 0.4) is 0 Å². The number of benzene rings is 2. The summed E-state index contributed by atoms with van der Waals surface area (Å²) in [5, 5.41) is 2.94. The topological polar surface area (TPSA) is 75.3 Å². The Hall–Kier alpha value is -2.31. The monoisotopic (exact) mass is 446 g/mol. The lowest BCUT2D eigenvalue weighted by molar-refractivity contribution is 0.0954. The van der Waals surface area contributed by atoms with Crippen molar-refractivity contribution < 1.29 is 13.2 Å². The van der Waals surface area contributed by atoms with E-state index in [0.717, 1.165) is 30.4 Å². The Labute approximate surface area is 183 Å². The van der Waals surface area contributed by atoms with Crippen molar-refractivity contribution in [2.24, 2.45) is 0 Å². The van der Waals surface area contributed by atoms with E-state index in [1.54, 1.807) is 6.07 Å². The predicted molar refractivity (Wildman–Crippen MR) is 122 cm³/mol. The summed E-state index contributed by atoms with van der Waals surface area (Å²) in [7, 11) is -3.94. The van der Waals surface area contributed by atoms with Crippen LogP contribution in [0, 0.1) is 13.8 Å². The number of allylic oxidation sites excluding steroid dienone is 1. The van der Waals surface area contributed by atoms with Gasteiger partial charge < -0.3 is 5.32 Å². The molecule has 1 aliphatic carbocycles. The minimum atomic E-state index is -3.94. The van der Waals surface area contributed by atoms with Crippen molar-refractivity contribution in [3.63, 3.8) is 0 Å². The summed E-state index contributed by atoms with van der Waals surface area (Å²) in [5.74, 6) is -0.314. The molecule has 2 aromatic rings. The van der Waals surface area contributed by atoms with Crippen LogP contribution in [0.1, 0.15) is 53.6 Å². The molecule has 0 unspecified atom stereocenters. The van der Waals surface area contributed by atoms with Gasteiger partial charge in [-0.15, -0.1) is 0 Å². The van der Waals surface area contributed by atoms with Gasteiger partial charge in [0.1, 0.15) is 4.90 Å². The van der Waals surface area contributed by atoms with E-state index in [2.05, 4.69) is 16.1 Å². The highest BCUT2D eigenvalue weighted by Gasteiger charge is 2.21. The summed E-state index contributed by atoms with van der Waals surface area (Å²) in [6.07, 6.45) is 7.69. The largest absolute Gasteiger partial charge is 0.352 e. The van der Waals surface area contributed by atoms with E-state index < -0.39 is 10.0 Å². The van der Waals surface area contributed by atoms with Crippen LogP contribution in [0.5, 0.6) is 0 Å². The fraction of sp³-hybridized carbons (Fsp3) is 0.348. The molecule has 0 aromatic heterocycles. The van der Waals surface area contributed by atoms with Crippen LogP contribution in [0.15, 0.2) is 52.9 Å². The fourth-order valence-electron chi connectivity index (χ4n) is 3.55. The lowest BCUT2D eigenvalue weighted by Gasteiger charge is -2.14. The zero-order chi connectivity index (χ0) is 21.7. The summed E-state index contributed by atoms with van der Waals surface area (Å²) in [6, 6.07) is 9.74. The van der Waals surface area contributed by atoms with Crippen molar-refractivity contribution in [1.82, 2.24) is 5.32 Å². The minimum Gasteiger partial charge on any atom is -0.352 e. The summed E-state index contributed by atoms with van der Waals surface area (Å²) in [6.45, 7) is 4.29. The Balaban J connectivity index is 1.73. The number of carbonyl (C=O) groups excluding carboxylic acids is 1. The molecule has 160 valence electrons. The molecule has 30 heavy (non-hydrogen) atoms. The van der Waals surface area contributed by atoms with Crippen LogP contribution in [-0.4, -0.2) is 20.9 Å². The number of amides is 1. The number of anilines is 1. The van der Waals surface area contributed by atoms with Gasteiger partial charge >= 0.3 is 0 Å². The number of aryl methyl sites for hydroxylation is 2. The van der Waals surface area contributed by atoms with Crippen LogP contribution in [0.25, 0.3) is 0 Å². The Morgan fingerprint density at radius 2 is 1.90 bits per heavy atom. The molecule has 2 aromatic carbocycles. The first-order chi connectivity index (χ1) is 14.3. The van der Waals surface area contributed by atoms with E-state index in [0.29, 0.717) is 12.2 Å². The molecule has 0 radical (unpaired) electrons. The van der Waals surface area contributed by atoms with Gasteiger partial charge in [-0.1, -0.05) is 40.9 Å². The molecule has 1 aliphatic rings. The second kappa shape index (κ2) is 9.67. The second-order valence-corrected chi connectivity index (χ2v) is 9.74. The smallest absolute Gasteiger partial charge is 0.263 e. The lowest BCUT2D eigenvalue weighted by Crippen LogP contribution is -2.25. The predicted octanol–water partition coefficient (Wildman–Crippen LogP) is 5.38. The second-order valence-electron chi connectivity index (χ2n) is 7.68. The van der Waals surface area contributed by atoms with Crippen molar-refractivity contribution in [1.29, 1.82) is 0 Å². The fourth-order valence-corrected chi connectivity index (χ4v) is 5.21. The average molecular weight is 447 g/mol. The number of rotatable bonds is 7. The number of carbonyl (C=O) groups is 1. The molecule has 0 saturated heterocycles.